The van der Waals surface area contributed by atoms with Crippen LogP contribution >= 0.6 is 11.3 Å². The van der Waals surface area contributed by atoms with E-state index in [9.17, 15) is 9.59 Å². The minimum absolute atomic E-state index is 0.141. The van der Waals surface area contributed by atoms with E-state index in [-0.39, 0.29) is 11.3 Å². The standard InChI is InChI=1S/C26H25N7O4S/c1-32(26-27-12-16(13-28-26)25(35)31-36)14-17-11-19-22(38-17)24(33-7-9-37-10-8-33)30-23(29-19)18-4-2-3-15-5-6-20(34)21(15)18/h2-4,11-13,36H,5-10,14H2,1H3,(H,31,35). The molecular weight excluding hydrogens is 506 g/mol. The van der Waals surface area contributed by atoms with Gasteiger partial charge in [0, 0.05) is 55.0 Å². The van der Waals surface area contributed by atoms with Gasteiger partial charge in [0.25, 0.3) is 5.91 Å². The van der Waals surface area contributed by atoms with Gasteiger partial charge in [0.15, 0.2) is 17.4 Å². The van der Waals surface area contributed by atoms with Gasteiger partial charge in [-0.15, -0.1) is 11.3 Å². The van der Waals surface area contributed by atoms with Crippen LogP contribution in [0.3, 0.4) is 0 Å². The fourth-order valence-electron chi connectivity index (χ4n) is 4.85. The highest BCUT2D eigenvalue weighted by Gasteiger charge is 2.26. The Labute approximate surface area is 222 Å². The number of thiophene rings is 1. The number of Topliss-reactive ketones (excluding diaryl/α,β-unsaturated/α-hetero) is 1. The van der Waals surface area contributed by atoms with Crippen molar-refractivity contribution in [2.24, 2.45) is 0 Å². The zero-order chi connectivity index (χ0) is 26.2. The van der Waals surface area contributed by atoms with E-state index >= 15 is 0 Å². The first-order valence-electron chi connectivity index (χ1n) is 12.3. The Kier molecular flexibility index (Phi) is 6.44. The topological polar surface area (TPSA) is 134 Å². The minimum atomic E-state index is -0.667. The second kappa shape index (κ2) is 10.0. The molecule has 12 heteroatoms. The number of amides is 1. The lowest BCUT2D eigenvalue weighted by atomic mass is 10.0. The first-order valence-corrected chi connectivity index (χ1v) is 13.1. The summed E-state index contributed by atoms with van der Waals surface area (Å²) in [6.45, 7) is 3.23. The van der Waals surface area contributed by atoms with Gasteiger partial charge >= 0.3 is 0 Å². The Morgan fingerprint density at radius 1 is 1.18 bits per heavy atom. The number of rotatable bonds is 6. The molecule has 1 saturated heterocycles. The van der Waals surface area contributed by atoms with Crippen LogP contribution in [0, 0.1) is 0 Å². The lowest BCUT2D eigenvalue weighted by Gasteiger charge is -2.28. The zero-order valence-corrected chi connectivity index (χ0v) is 21.5. The van der Waals surface area contributed by atoms with Crippen molar-refractivity contribution in [2.75, 3.05) is 43.2 Å². The third-order valence-corrected chi connectivity index (χ3v) is 7.85. The van der Waals surface area contributed by atoms with Gasteiger partial charge in [-0.2, -0.15) is 0 Å². The number of aromatic nitrogens is 4. The van der Waals surface area contributed by atoms with Gasteiger partial charge in [0.1, 0.15) is 0 Å². The summed E-state index contributed by atoms with van der Waals surface area (Å²) in [6, 6.07) is 7.96. The molecule has 194 valence electrons. The van der Waals surface area contributed by atoms with Crippen molar-refractivity contribution in [3.8, 4) is 11.4 Å². The zero-order valence-electron chi connectivity index (χ0n) is 20.7. The number of hydroxylamine groups is 1. The molecule has 6 rings (SSSR count). The number of carbonyl (C=O) groups excluding carboxylic acids is 2. The maximum atomic E-state index is 12.7. The molecule has 0 radical (unpaired) electrons. The summed E-state index contributed by atoms with van der Waals surface area (Å²) in [5.74, 6) is 1.33. The second-order valence-electron chi connectivity index (χ2n) is 9.23. The number of fused-ring (bicyclic) bond motifs is 2. The summed E-state index contributed by atoms with van der Waals surface area (Å²) in [6.07, 6.45) is 4.00. The Bertz CT molecular complexity index is 1530. The van der Waals surface area contributed by atoms with E-state index in [0.29, 0.717) is 38.0 Å². The van der Waals surface area contributed by atoms with E-state index in [2.05, 4.69) is 14.9 Å². The molecule has 4 aromatic rings. The monoisotopic (exact) mass is 531 g/mol. The predicted molar refractivity (Wildman–Crippen MR) is 142 cm³/mol. The summed E-state index contributed by atoms with van der Waals surface area (Å²) < 4.78 is 6.55. The van der Waals surface area contributed by atoms with Crippen molar-refractivity contribution in [3.63, 3.8) is 0 Å². The van der Waals surface area contributed by atoms with Crippen molar-refractivity contribution >= 4 is 45.0 Å². The Hall–Kier alpha value is -4.00. The molecule has 0 unspecified atom stereocenters. The molecule has 1 fully saturated rings. The number of hydrogen-bond donors (Lipinski definition) is 2. The number of morpholine rings is 1. The molecule has 1 amide bonds. The van der Waals surface area contributed by atoms with Crippen LogP contribution in [0.15, 0.2) is 36.7 Å². The Balaban J connectivity index is 1.37. The Morgan fingerprint density at radius 3 is 2.74 bits per heavy atom. The van der Waals surface area contributed by atoms with Gasteiger partial charge in [0.05, 0.1) is 35.5 Å². The van der Waals surface area contributed by atoms with E-state index in [0.717, 1.165) is 57.1 Å². The highest BCUT2D eigenvalue weighted by atomic mass is 32.1. The molecule has 3 aromatic heterocycles. The molecular formula is C26H25N7O4S. The quantitative estimate of drug-likeness (QED) is 0.283. The number of hydrogen-bond acceptors (Lipinski definition) is 11. The van der Waals surface area contributed by atoms with E-state index < -0.39 is 5.91 Å². The largest absolute Gasteiger partial charge is 0.378 e. The molecule has 0 atom stereocenters. The summed E-state index contributed by atoms with van der Waals surface area (Å²) in [4.78, 5) is 47.8. The van der Waals surface area contributed by atoms with Crippen LogP contribution in [0.25, 0.3) is 21.6 Å². The average molecular weight is 532 g/mol. The lowest BCUT2D eigenvalue weighted by molar-refractivity contribution is 0.0705. The minimum Gasteiger partial charge on any atom is -0.378 e. The number of benzene rings is 1. The second-order valence-corrected chi connectivity index (χ2v) is 10.4. The van der Waals surface area contributed by atoms with Crippen LogP contribution in [0.2, 0.25) is 0 Å². The molecule has 0 bridgehead atoms. The van der Waals surface area contributed by atoms with Crippen LogP contribution < -0.4 is 15.3 Å². The van der Waals surface area contributed by atoms with Crippen LogP contribution in [-0.2, 0) is 17.7 Å². The van der Waals surface area contributed by atoms with Gasteiger partial charge in [0.2, 0.25) is 5.95 Å². The van der Waals surface area contributed by atoms with Crippen LogP contribution in [0.4, 0.5) is 11.8 Å². The van der Waals surface area contributed by atoms with E-state index in [4.69, 9.17) is 19.9 Å². The van der Waals surface area contributed by atoms with Gasteiger partial charge in [-0.25, -0.2) is 25.4 Å². The van der Waals surface area contributed by atoms with Gasteiger partial charge in [-0.1, -0.05) is 18.2 Å². The highest BCUT2D eigenvalue weighted by molar-refractivity contribution is 7.19. The molecule has 1 aromatic carbocycles. The number of anilines is 2. The fraction of sp³-hybridized carbons (Fsp3) is 0.308. The maximum Gasteiger partial charge on any atom is 0.277 e. The predicted octanol–water partition coefficient (Wildman–Crippen LogP) is 2.87. The fourth-order valence-corrected chi connectivity index (χ4v) is 6.02. The number of ketones is 1. The number of nitrogens with zero attached hydrogens (tertiary/aromatic N) is 6. The third kappa shape index (κ3) is 4.46. The first kappa shape index (κ1) is 24.3. The number of ether oxygens (including phenoxy) is 1. The molecule has 2 aliphatic rings. The highest BCUT2D eigenvalue weighted by Crippen LogP contribution is 2.37. The SMILES string of the molecule is CN(Cc1cc2nc(-c3cccc4c3C(=O)CC4)nc(N3CCOCC3)c2s1)c1ncc(C(=O)NO)cn1. The molecule has 1 aliphatic carbocycles. The van der Waals surface area contributed by atoms with Gasteiger partial charge in [-0.05, 0) is 18.1 Å². The van der Waals surface area contributed by atoms with Crippen LogP contribution in [0.5, 0.6) is 0 Å². The van der Waals surface area contributed by atoms with Crippen LogP contribution in [0.1, 0.15) is 37.6 Å². The summed E-state index contributed by atoms with van der Waals surface area (Å²) in [5, 5.41) is 8.80. The molecule has 38 heavy (non-hydrogen) atoms. The van der Waals surface area contributed by atoms with E-state index in [1.165, 1.54) is 12.4 Å². The summed E-state index contributed by atoms with van der Waals surface area (Å²) >= 11 is 1.61. The van der Waals surface area contributed by atoms with Crippen molar-refractivity contribution < 1.29 is 19.5 Å². The molecule has 2 N–H and O–H groups in total. The number of nitrogens with one attached hydrogen (secondary N) is 1. The maximum absolute atomic E-state index is 12.7. The number of aryl methyl sites for hydroxylation is 1. The van der Waals surface area contributed by atoms with Gasteiger partial charge in [-0.3, -0.25) is 14.8 Å². The van der Waals surface area contributed by atoms with E-state index in [1.807, 2.05) is 36.2 Å². The van der Waals surface area contributed by atoms with E-state index in [1.54, 1.807) is 16.8 Å². The van der Waals surface area contributed by atoms with Crippen molar-refractivity contribution in [1.29, 1.82) is 0 Å². The molecule has 1 aliphatic heterocycles. The smallest absolute Gasteiger partial charge is 0.277 e. The third-order valence-electron chi connectivity index (χ3n) is 6.74. The summed E-state index contributed by atoms with van der Waals surface area (Å²) in [7, 11) is 1.87. The lowest BCUT2D eigenvalue weighted by Crippen LogP contribution is -2.36. The normalized spacial score (nSPS) is 15.1. The van der Waals surface area contributed by atoms with Crippen molar-refractivity contribution in [1.82, 2.24) is 25.4 Å². The molecule has 0 saturated carbocycles. The Morgan fingerprint density at radius 2 is 1.97 bits per heavy atom. The van der Waals surface area contributed by atoms with Crippen molar-refractivity contribution in [2.45, 2.75) is 19.4 Å². The average Bonchev–Trinajstić information content (AvgIpc) is 3.55. The molecule has 11 nitrogen and oxygen atoms in total. The van der Waals surface area contributed by atoms with Crippen LogP contribution in [-0.4, -0.2) is 70.2 Å². The number of carbonyl (C=O) groups is 2. The van der Waals surface area contributed by atoms with Crippen molar-refractivity contribution in [3.05, 3.63) is 58.2 Å². The molecule has 4 heterocycles. The first-order chi connectivity index (χ1) is 18.5. The summed E-state index contributed by atoms with van der Waals surface area (Å²) in [5.41, 5.74) is 5.14. The molecule has 0 spiro atoms. The van der Waals surface area contributed by atoms with Gasteiger partial charge < -0.3 is 14.5 Å².